The molecule has 2 unspecified atom stereocenters. The fourth-order valence-corrected chi connectivity index (χ4v) is 1.41. The van der Waals surface area contributed by atoms with Gasteiger partial charge in [-0.05, 0) is 12.3 Å². The van der Waals surface area contributed by atoms with Crippen LogP contribution in [0.25, 0.3) is 0 Å². The Balaban J connectivity index is 2.52. The molecule has 1 heterocycles. The van der Waals surface area contributed by atoms with E-state index in [1.54, 1.807) is 7.11 Å². The molecule has 58 valence electrons. The van der Waals surface area contributed by atoms with E-state index in [1.165, 1.54) is 0 Å². The lowest BCUT2D eigenvalue weighted by atomic mass is 10.0. The SMILES string of the molecule is CCC1N=C(OC)CC1C. The molecule has 1 aliphatic heterocycles. The molecule has 2 heteroatoms. The summed E-state index contributed by atoms with van der Waals surface area (Å²) in [4.78, 5) is 4.40. The van der Waals surface area contributed by atoms with Crippen LogP contribution in [0, 0.1) is 5.92 Å². The zero-order valence-electron chi connectivity index (χ0n) is 6.92. The van der Waals surface area contributed by atoms with Crippen molar-refractivity contribution in [1.29, 1.82) is 0 Å². The van der Waals surface area contributed by atoms with E-state index in [9.17, 15) is 0 Å². The number of aliphatic imine (C=N–C) groups is 1. The molecule has 0 aliphatic carbocycles. The zero-order valence-corrected chi connectivity index (χ0v) is 6.92. The van der Waals surface area contributed by atoms with Gasteiger partial charge in [-0.3, -0.25) is 4.99 Å². The smallest absolute Gasteiger partial charge is 0.183 e. The van der Waals surface area contributed by atoms with Gasteiger partial charge in [0, 0.05) is 6.42 Å². The minimum atomic E-state index is 0.509. The molecule has 0 spiro atoms. The number of hydrogen-bond donors (Lipinski definition) is 0. The van der Waals surface area contributed by atoms with Crippen LogP contribution in [0.2, 0.25) is 0 Å². The van der Waals surface area contributed by atoms with Gasteiger partial charge in [-0.2, -0.15) is 0 Å². The van der Waals surface area contributed by atoms with Gasteiger partial charge < -0.3 is 4.74 Å². The standard InChI is InChI=1S/C8H15NO/c1-4-7-6(2)5-8(9-7)10-3/h6-7H,4-5H2,1-3H3. The van der Waals surface area contributed by atoms with Crippen molar-refractivity contribution in [2.45, 2.75) is 32.7 Å². The number of hydrogen-bond acceptors (Lipinski definition) is 2. The highest BCUT2D eigenvalue weighted by Crippen LogP contribution is 2.22. The molecule has 0 aromatic heterocycles. The van der Waals surface area contributed by atoms with Gasteiger partial charge in [0.15, 0.2) is 5.90 Å². The molecule has 0 amide bonds. The van der Waals surface area contributed by atoms with E-state index in [0.29, 0.717) is 12.0 Å². The minimum Gasteiger partial charge on any atom is -0.484 e. The summed E-state index contributed by atoms with van der Waals surface area (Å²) in [7, 11) is 1.70. The third kappa shape index (κ3) is 1.31. The van der Waals surface area contributed by atoms with Gasteiger partial charge in [-0.1, -0.05) is 13.8 Å². The summed E-state index contributed by atoms with van der Waals surface area (Å²) in [5.41, 5.74) is 0. The van der Waals surface area contributed by atoms with Crippen LogP contribution in [0.1, 0.15) is 26.7 Å². The summed E-state index contributed by atoms with van der Waals surface area (Å²) in [6.07, 6.45) is 2.16. The normalized spacial score (nSPS) is 32.1. The maximum atomic E-state index is 5.06. The first-order chi connectivity index (χ1) is 4.77. The van der Waals surface area contributed by atoms with Crippen LogP contribution >= 0.6 is 0 Å². The molecule has 0 aromatic rings. The van der Waals surface area contributed by atoms with Crippen molar-refractivity contribution in [2.24, 2.45) is 10.9 Å². The highest BCUT2D eigenvalue weighted by molar-refractivity contribution is 5.78. The number of methoxy groups -OCH3 is 1. The molecule has 0 bridgehead atoms. The lowest BCUT2D eigenvalue weighted by Crippen LogP contribution is -2.08. The second-order valence-corrected chi connectivity index (χ2v) is 2.88. The van der Waals surface area contributed by atoms with E-state index < -0.39 is 0 Å². The average molecular weight is 141 g/mol. The van der Waals surface area contributed by atoms with Gasteiger partial charge >= 0.3 is 0 Å². The zero-order chi connectivity index (χ0) is 7.56. The molecule has 2 nitrogen and oxygen atoms in total. The Labute approximate surface area is 62.3 Å². The number of ether oxygens (including phenoxy) is 1. The Kier molecular flexibility index (Phi) is 2.30. The van der Waals surface area contributed by atoms with Crippen LogP contribution in [-0.4, -0.2) is 19.0 Å². The van der Waals surface area contributed by atoms with Crippen LogP contribution in [0.4, 0.5) is 0 Å². The molecule has 0 saturated heterocycles. The highest BCUT2D eigenvalue weighted by atomic mass is 16.5. The highest BCUT2D eigenvalue weighted by Gasteiger charge is 2.24. The molecule has 0 fully saturated rings. The van der Waals surface area contributed by atoms with Gasteiger partial charge in [-0.25, -0.2) is 0 Å². The Hall–Kier alpha value is -0.530. The first-order valence-electron chi connectivity index (χ1n) is 3.88. The van der Waals surface area contributed by atoms with Gasteiger partial charge in [0.2, 0.25) is 0 Å². The monoisotopic (exact) mass is 141 g/mol. The van der Waals surface area contributed by atoms with Gasteiger partial charge in [-0.15, -0.1) is 0 Å². The maximum Gasteiger partial charge on any atom is 0.183 e. The number of nitrogens with zero attached hydrogens (tertiary/aromatic N) is 1. The van der Waals surface area contributed by atoms with Crippen LogP contribution < -0.4 is 0 Å². The second-order valence-electron chi connectivity index (χ2n) is 2.88. The minimum absolute atomic E-state index is 0.509. The fraction of sp³-hybridized carbons (Fsp3) is 0.875. The summed E-state index contributed by atoms with van der Waals surface area (Å²) >= 11 is 0. The lowest BCUT2D eigenvalue weighted by Gasteiger charge is -2.07. The van der Waals surface area contributed by atoms with Crippen LogP contribution in [0.5, 0.6) is 0 Å². The maximum absolute atomic E-state index is 5.06. The summed E-state index contributed by atoms with van der Waals surface area (Å²) in [5, 5.41) is 0. The van der Waals surface area contributed by atoms with E-state index in [4.69, 9.17) is 4.74 Å². The summed E-state index contributed by atoms with van der Waals surface area (Å²) < 4.78 is 5.06. The Bertz CT molecular complexity index is 142. The summed E-state index contributed by atoms with van der Waals surface area (Å²) in [6.45, 7) is 4.40. The first kappa shape index (κ1) is 7.58. The van der Waals surface area contributed by atoms with Gasteiger partial charge in [0.1, 0.15) is 0 Å². The average Bonchev–Trinajstić information content (AvgIpc) is 2.30. The van der Waals surface area contributed by atoms with Gasteiger partial charge in [0.25, 0.3) is 0 Å². The Morgan fingerprint density at radius 2 is 2.40 bits per heavy atom. The van der Waals surface area contributed by atoms with Crippen LogP contribution in [0.15, 0.2) is 4.99 Å². The molecule has 0 radical (unpaired) electrons. The van der Waals surface area contributed by atoms with Crippen LogP contribution in [0.3, 0.4) is 0 Å². The Morgan fingerprint density at radius 1 is 1.70 bits per heavy atom. The van der Waals surface area contributed by atoms with Crippen molar-refractivity contribution in [3.05, 3.63) is 0 Å². The Morgan fingerprint density at radius 3 is 2.70 bits per heavy atom. The number of rotatable bonds is 1. The summed E-state index contributed by atoms with van der Waals surface area (Å²) in [6, 6.07) is 0.509. The summed E-state index contributed by atoms with van der Waals surface area (Å²) in [5.74, 6) is 1.61. The van der Waals surface area contributed by atoms with Crippen molar-refractivity contribution >= 4 is 5.90 Å². The van der Waals surface area contributed by atoms with E-state index in [-0.39, 0.29) is 0 Å². The van der Waals surface area contributed by atoms with E-state index >= 15 is 0 Å². The van der Waals surface area contributed by atoms with Crippen molar-refractivity contribution in [3.63, 3.8) is 0 Å². The van der Waals surface area contributed by atoms with Crippen molar-refractivity contribution in [2.75, 3.05) is 7.11 Å². The topological polar surface area (TPSA) is 21.6 Å². The molecule has 0 aromatic carbocycles. The molecular weight excluding hydrogens is 126 g/mol. The van der Waals surface area contributed by atoms with Crippen molar-refractivity contribution in [1.82, 2.24) is 0 Å². The van der Waals surface area contributed by atoms with E-state index in [0.717, 1.165) is 18.7 Å². The molecule has 0 saturated carbocycles. The van der Waals surface area contributed by atoms with E-state index in [2.05, 4.69) is 18.8 Å². The lowest BCUT2D eigenvalue weighted by molar-refractivity contribution is 0.390. The molecule has 1 aliphatic rings. The molecular formula is C8H15NO. The van der Waals surface area contributed by atoms with Crippen molar-refractivity contribution < 1.29 is 4.74 Å². The quantitative estimate of drug-likeness (QED) is 0.546. The van der Waals surface area contributed by atoms with Gasteiger partial charge in [0.05, 0.1) is 13.2 Å². The molecule has 1 rings (SSSR count). The predicted octanol–water partition coefficient (Wildman–Crippen LogP) is 1.85. The molecule has 10 heavy (non-hydrogen) atoms. The molecule has 0 N–H and O–H groups in total. The predicted molar refractivity (Wildman–Crippen MR) is 42.3 cm³/mol. The first-order valence-corrected chi connectivity index (χ1v) is 3.88. The van der Waals surface area contributed by atoms with E-state index in [1.807, 2.05) is 0 Å². The third-order valence-corrected chi connectivity index (χ3v) is 2.12. The molecule has 2 atom stereocenters. The van der Waals surface area contributed by atoms with Crippen LogP contribution in [-0.2, 0) is 4.74 Å². The largest absolute Gasteiger partial charge is 0.484 e. The third-order valence-electron chi connectivity index (χ3n) is 2.12. The fourth-order valence-electron chi connectivity index (χ4n) is 1.41. The second kappa shape index (κ2) is 3.04. The van der Waals surface area contributed by atoms with Crippen molar-refractivity contribution in [3.8, 4) is 0 Å².